The van der Waals surface area contributed by atoms with Gasteiger partial charge in [-0.3, -0.25) is 0 Å². The van der Waals surface area contributed by atoms with Gasteiger partial charge in [0.1, 0.15) is 0 Å². The van der Waals surface area contributed by atoms with E-state index >= 15 is 0 Å². The molecule has 0 unspecified atom stereocenters. The lowest BCUT2D eigenvalue weighted by molar-refractivity contribution is 1.61. The molecule has 0 bridgehead atoms. The summed E-state index contributed by atoms with van der Waals surface area (Å²) >= 11 is 1.71. The van der Waals surface area contributed by atoms with Crippen LogP contribution in [0.4, 0.5) is 0 Å². The molecule has 148 valence electrons. The van der Waals surface area contributed by atoms with Crippen molar-refractivity contribution in [1.82, 2.24) is 0 Å². The van der Waals surface area contributed by atoms with Crippen LogP contribution in [0.5, 0.6) is 0 Å². The van der Waals surface area contributed by atoms with E-state index in [4.69, 9.17) is 0 Å². The zero-order valence-electron chi connectivity index (χ0n) is 17.1. The fourth-order valence-electron chi connectivity index (χ4n) is 4.01. The molecule has 1 aromatic heterocycles. The van der Waals surface area contributed by atoms with Crippen molar-refractivity contribution in [3.63, 3.8) is 0 Å². The van der Waals surface area contributed by atoms with Crippen LogP contribution in [0.3, 0.4) is 0 Å². The van der Waals surface area contributed by atoms with Crippen LogP contribution in [-0.2, 0) is 0 Å². The Morgan fingerprint density at radius 2 is 1.00 bits per heavy atom. The van der Waals surface area contributed by atoms with Crippen LogP contribution in [0.2, 0.25) is 0 Å². The van der Waals surface area contributed by atoms with E-state index in [-0.39, 0.29) is 0 Å². The number of thiophene rings is 1. The zero-order valence-corrected chi connectivity index (χ0v) is 17.9. The van der Waals surface area contributed by atoms with Gasteiger partial charge in [-0.1, -0.05) is 109 Å². The summed E-state index contributed by atoms with van der Waals surface area (Å²) in [7, 11) is 0. The average molecular weight is 415 g/mol. The third-order valence-electron chi connectivity index (χ3n) is 5.46. The first-order valence-corrected chi connectivity index (χ1v) is 11.4. The molecule has 0 radical (unpaired) electrons. The smallest absolute Gasteiger partial charge is 0.00266 e. The fraction of sp³-hybridized carbons (Fsp3) is 0. The van der Waals surface area contributed by atoms with Gasteiger partial charge in [-0.25, -0.2) is 0 Å². The zero-order chi connectivity index (χ0) is 20.9. The monoisotopic (exact) mass is 414 g/mol. The third kappa shape index (κ3) is 4.14. The van der Waals surface area contributed by atoms with Gasteiger partial charge in [0.05, 0.1) is 0 Å². The predicted octanol–water partition coefficient (Wildman–Crippen LogP) is 9.08. The van der Waals surface area contributed by atoms with Crippen molar-refractivity contribution < 1.29 is 0 Å². The molecule has 0 aliphatic carbocycles. The first kappa shape index (κ1) is 19.3. The highest BCUT2D eigenvalue weighted by Crippen LogP contribution is 2.39. The minimum Gasteiger partial charge on any atom is -0.152 e. The molecule has 6 rings (SSSR count). The second kappa shape index (κ2) is 8.99. The van der Waals surface area contributed by atoms with Crippen molar-refractivity contribution in [2.45, 2.75) is 0 Å². The standard InChI is InChI=1S/C26H18.C4H4S/c1-3-9-19(10-4-1)24-16-15-23-17-21-13-7-8-14-22(21)18-25(23)26(24)20-11-5-2-6-12-20;1-2-4-5-3-1/h1-18H;1-4H. The normalized spacial score (nSPS) is 10.6. The van der Waals surface area contributed by atoms with Gasteiger partial charge < -0.3 is 0 Å². The van der Waals surface area contributed by atoms with Crippen molar-refractivity contribution in [2.75, 3.05) is 0 Å². The summed E-state index contributed by atoms with van der Waals surface area (Å²) in [6, 6.07) is 43.1. The molecule has 0 aliphatic heterocycles. The molecule has 0 N–H and O–H groups in total. The van der Waals surface area contributed by atoms with Gasteiger partial charge in [0.25, 0.3) is 0 Å². The second-order valence-corrected chi connectivity index (χ2v) is 8.25. The van der Waals surface area contributed by atoms with Crippen LogP contribution >= 0.6 is 11.3 Å². The van der Waals surface area contributed by atoms with Gasteiger partial charge in [-0.2, -0.15) is 11.3 Å². The number of hydrogen-bond donors (Lipinski definition) is 0. The van der Waals surface area contributed by atoms with Gasteiger partial charge in [0.15, 0.2) is 0 Å². The van der Waals surface area contributed by atoms with Crippen molar-refractivity contribution in [3.8, 4) is 22.3 Å². The Kier molecular flexibility index (Phi) is 5.60. The quantitative estimate of drug-likeness (QED) is 0.248. The Morgan fingerprint density at radius 3 is 1.61 bits per heavy atom. The Labute approximate surface area is 187 Å². The van der Waals surface area contributed by atoms with Crippen LogP contribution in [0, 0.1) is 0 Å². The van der Waals surface area contributed by atoms with Crippen LogP contribution in [0.15, 0.2) is 132 Å². The van der Waals surface area contributed by atoms with Crippen LogP contribution < -0.4 is 0 Å². The molecule has 0 nitrogen and oxygen atoms in total. The fourth-order valence-corrected chi connectivity index (χ4v) is 4.47. The highest BCUT2D eigenvalue weighted by atomic mass is 32.1. The Balaban J connectivity index is 0.000000361. The Bertz CT molecular complexity index is 1380. The summed E-state index contributed by atoms with van der Waals surface area (Å²) in [5, 5.41) is 9.23. The highest BCUT2D eigenvalue weighted by molar-refractivity contribution is 7.07. The van der Waals surface area contributed by atoms with Crippen molar-refractivity contribution in [3.05, 3.63) is 132 Å². The molecule has 0 fully saturated rings. The molecule has 1 heteroatoms. The van der Waals surface area contributed by atoms with E-state index in [0.29, 0.717) is 0 Å². The molecule has 1 heterocycles. The van der Waals surface area contributed by atoms with Gasteiger partial charge in [0.2, 0.25) is 0 Å². The molecule has 0 spiro atoms. The molecule has 0 saturated carbocycles. The van der Waals surface area contributed by atoms with Crippen molar-refractivity contribution in [2.24, 2.45) is 0 Å². The number of hydrogen-bond acceptors (Lipinski definition) is 1. The minimum atomic E-state index is 1.25. The lowest BCUT2D eigenvalue weighted by Crippen LogP contribution is -1.88. The van der Waals surface area contributed by atoms with E-state index in [1.54, 1.807) is 11.3 Å². The van der Waals surface area contributed by atoms with E-state index in [9.17, 15) is 0 Å². The summed E-state index contributed by atoms with van der Waals surface area (Å²) < 4.78 is 0. The Hall–Kier alpha value is -3.68. The van der Waals surface area contributed by atoms with Crippen LogP contribution in [0.25, 0.3) is 43.8 Å². The lowest BCUT2D eigenvalue weighted by atomic mass is 9.89. The average Bonchev–Trinajstić information content (AvgIpc) is 3.44. The summed E-state index contributed by atoms with van der Waals surface area (Å²) in [6.07, 6.45) is 0. The molecule has 0 aliphatic rings. The third-order valence-corrected chi connectivity index (χ3v) is 6.09. The first-order chi connectivity index (χ1) is 15.4. The maximum atomic E-state index is 2.33. The molecular weight excluding hydrogens is 392 g/mol. The summed E-state index contributed by atoms with van der Waals surface area (Å²) in [4.78, 5) is 0. The maximum absolute atomic E-state index is 2.33. The predicted molar refractivity (Wildman–Crippen MR) is 137 cm³/mol. The van der Waals surface area contributed by atoms with E-state index in [2.05, 4.69) is 109 Å². The van der Waals surface area contributed by atoms with Gasteiger partial charge in [0, 0.05) is 0 Å². The van der Waals surface area contributed by atoms with E-state index < -0.39 is 0 Å². The molecule has 0 amide bonds. The van der Waals surface area contributed by atoms with Crippen molar-refractivity contribution >= 4 is 32.9 Å². The van der Waals surface area contributed by atoms with E-state index in [1.165, 1.54) is 43.8 Å². The second-order valence-electron chi connectivity index (χ2n) is 7.43. The topological polar surface area (TPSA) is 0 Å². The molecule has 5 aromatic carbocycles. The van der Waals surface area contributed by atoms with Gasteiger partial charge >= 0.3 is 0 Å². The highest BCUT2D eigenvalue weighted by Gasteiger charge is 2.12. The minimum absolute atomic E-state index is 1.25. The van der Waals surface area contributed by atoms with Crippen molar-refractivity contribution in [1.29, 1.82) is 0 Å². The largest absolute Gasteiger partial charge is 0.152 e. The number of rotatable bonds is 2. The molecular formula is C30H22S. The van der Waals surface area contributed by atoms with Crippen LogP contribution in [0.1, 0.15) is 0 Å². The number of benzene rings is 5. The molecule has 6 aromatic rings. The maximum Gasteiger partial charge on any atom is -0.00266 e. The summed E-state index contributed by atoms with van der Waals surface area (Å²) in [5.74, 6) is 0. The SMILES string of the molecule is c1ccc(-c2ccc3cc4ccccc4cc3c2-c2ccccc2)cc1.c1ccsc1. The lowest BCUT2D eigenvalue weighted by Gasteiger charge is -2.15. The van der Waals surface area contributed by atoms with E-state index in [1.807, 2.05) is 22.9 Å². The Morgan fingerprint density at radius 1 is 0.419 bits per heavy atom. The molecule has 0 atom stereocenters. The first-order valence-electron chi connectivity index (χ1n) is 10.4. The van der Waals surface area contributed by atoms with Gasteiger partial charge in [-0.15, -0.1) is 0 Å². The summed E-state index contributed by atoms with van der Waals surface area (Å²) in [5.41, 5.74) is 5.09. The number of fused-ring (bicyclic) bond motifs is 2. The van der Waals surface area contributed by atoms with Gasteiger partial charge in [-0.05, 0) is 66.7 Å². The molecule has 0 saturated heterocycles. The molecule has 31 heavy (non-hydrogen) atoms. The van der Waals surface area contributed by atoms with Crippen LogP contribution in [-0.4, -0.2) is 0 Å². The summed E-state index contributed by atoms with van der Waals surface area (Å²) in [6.45, 7) is 0. The van der Waals surface area contributed by atoms with E-state index in [0.717, 1.165) is 0 Å².